The first-order valence-electron chi connectivity index (χ1n) is 3.78. The van der Waals surface area contributed by atoms with Crippen molar-refractivity contribution in [3.05, 3.63) is 33.2 Å². The fourth-order valence-electron chi connectivity index (χ4n) is 0.628. The summed E-state index contributed by atoms with van der Waals surface area (Å²) in [7, 11) is 0. The summed E-state index contributed by atoms with van der Waals surface area (Å²) in [6.07, 6.45) is 3.43. The summed E-state index contributed by atoms with van der Waals surface area (Å²) in [6, 6.07) is 0. The van der Waals surface area contributed by atoms with Gasteiger partial charge in [-0.15, -0.1) is 46.7 Å². The molecular weight excluding hydrogens is 275 g/mol. The van der Waals surface area contributed by atoms with Crippen LogP contribution in [0, 0.1) is 0 Å². The molecule has 15 heavy (non-hydrogen) atoms. The zero-order valence-corrected chi connectivity index (χ0v) is 10.9. The van der Waals surface area contributed by atoms with E-state index in [1.807, 2.05) is 0 Å². The Morgan fingerprint density at radius 1 is 1.13 bits per heavy atom. The van der Waals surface area contributed by atoms with Gasteiger partial charge in [0.15, 0.2) is 0 Å². The summed E-state index contributed by atoms with van der Waals surface area (Å²) in [6.45, 7) is 0.116. The van der Waals surface area contributed by atoms with E-state index in [9.17, 15) is 0 Å². The number of aliphatic hydroxyl groups excluding tert-OH is 1. The monoisotopic (exact) mass is 284 g/mol. The molecule has 0 aliphatic rings. The van der Waals surface area contributed by atoms with Crippen LogP contribution in [0.3, 0.4) is 0 Å². The normalized spacial score (nSPS) is 8.67. The molecule has 2 aromatic rings. The van der Waals surface area contributed by atoms with Crippen molar-refractivity contribution < 1.29 is 5.11 Å². The van der Waals surface area contributed by atoms with E-state index in [0.717, 1.165) is 9.75 Å². The molecule has 7 heteroatoms. The maximum Gasteiger partial charge on any atom is 0.0795 e. The van der Waals surface area contributed by atoms with Gasteiger partial charge in [0.2, 0.25) is 0 Å². The lowest BCUT2D eigenvalue weighted by molar-refractivity contribution is 0.285. The lowest BCUT2D eigenvalue weighted by atomic mass is 10.6. The predicted octanol–water partition coefficient (Wildman–Crippen LogP) is 2.94. The molecule has 0 unspecified atom stereocenters. The highest BCUT2D eigenvalue weighted by molar-refractivity contribution is 7.09. The molecule has 2 heterocycles. The van der Waals surface area contributed by atoms with Crippen molar-refractivity contribution in [2.45, 2.75) is 12.5 Å². The molecule has 0 spiro atoms. The van der Waals surface area contributed by atoms with Crippen molar-refractivity contribution in [2.24, 2.45) is 0 Å². The van der Waals surface area contributed by atoms with Crippen molar-refractivity contribution in [1.29, 1.82) is 0 Å². The van der Waals surface area contributed by atoms with Gasteiger partial charge in [0, 0.05) is 22.1 Å². The van der Waals surface area contributed by atoms with Gasteiger partial charge in [-0.2, -0.15) is 0 Å². The van der Waals surface area contributed by atoms with Crippen LogP contribution in [-0.2, 0) is 12.5 Å². The lowest BCUT2D eigenvalue weighted by Crippen LogP contribution is -1.70. The molecule has 2 rings (SSSR count). The summed E-state index contributed by atoms with van der Waals surface area (Å²) >= 11 is 8.48. The Morgan fingerprint density at radius 2 is 1.67 bits per heavy atom. The predicted molar refractivity (Wildman–Crippen MR) is 67.0 cm³/mol. The Bertz CT molecular complexity index is 292. The third-order valence-corrected chi connectivity index (χ3v) is 3.24. The van der Waals surface area contributed by atoms with E-state index < -0.39 is 0 Å². The Balaban J connectivity index is 0.000000245. The molecule has 0 bridgehead atoms. The Morgan fingerprint density at radius 3 is 1.87 bits per heavy atom. The summed E-state index contributed by atoms with van der Waals surface area (Å²) in [5.41, 5.74) is 3.48. The average Bonchev–Trinajstić information content (AvgIpc) is 2.92. The minimum atomic E-state index is 0. The van der Waals surface area contributed by atoms with Crippen LogP contribution in [0.15, 0.2) is 23.4 Å². The molecule has 0 fully saturated rings. The van der Waals surface area contributed by atoms with E-state index in [1.54, 1.807) is 34.8 Å². The number of rotatable bonds is 2. The van der Waals surface area contributed by atoms with E-state index in [0.29, 0.717) is 5.88 Å². The molecule has 2 aromatic heterocycles. The SMILES string of the molecule is Cl.ClCc1cncs1.OCc1cncs1. The number of nitrogens with zero attached hydrogens (tertiary/aromatic N) is 2. The number of hydrogen-bond donors (Lipinski definition) is 1. The number of aliphatic hydroxyl groups is 1. The average molecular weight is 285 g/mol. The van der Waals surface area contributed by atoms with Crippen molar-refractivity contribution in [2.75, 3.05) is 0 Å². The first kappa shape index (κ1) is 14.8. The van der Waals surface area contributed by atoms with Crippen molar-refractivity contribution >= 4 is 46.7 Å². The van der Waals surface area contributed by atoms with E-state index in [4.69, 9.17) is 16.7 Å². The van der Waals surface area contributed by atoms with Crippen LogP contribution in [0.5, 0.6) is 0 Å². The van der Waals surface area contributed by atoms with Gasteiger partial charge < -0.3 is 5.11 Å². The summed E-state index contributed by atoms with van der Waals surface area (Å²) in [5, 5.41) is 8.40. The minimum Gasteiger partial charge on any atom is -0.391 e. The van der Waals surface area contributed by atoms with Gasteiger partial charge in [0.05, 0.1) is 23.5 Å². The topological polar surface area (TPSA) is 46.0 Å². The van der Waals surface area contributed by atoms with Crippen molar-refractivity contribution in [3.63, 3.8) is 0 Å². The molecule has 0 aliphatic heterocycles. The largest absolute Gasteiger partial charge is 0.391 e. The first-order valence-corrected chi connectivity index (χ1v) is 6.07. The van der Waals surface area contributed by atoms with E-state index >= 15 is 0 Å². The number of thiazole rings is 2. The third-order valence-electron chi connectivity index (χ3n) is 1.25. The van der Waals surface area contributed by atoms with Crippen LogP contribution in [0.2, 0.25) is 0 Å². The van der Waals surface area contributed by atoms with E-state index in [2.05, 4.69) is 9.97 Å². The van der Waals surface area contributed by atoms with Gasteiger partial charge >= 0.3 is 0 Å². The molecule has 84 valence electrons. The summed E-state index contributed by atoms with van der Waals surface area (Å²) in [5.74, 6) is 0.588. The second-order valence-corrected chi connectivity index (χ2v) is 4.44. The van der Waals surface area contributed by atoms with Crippen LogP contribution >= 0.6 is 46.7 Å². The fourth-order valence-corrected chi connectivity index (χ4v) is 1.78. The minimum absolute atomic E-state index is 0. The van der Waals surface area contributed by atoms with Crippen molar-refractivity contribution in [3.8, 4) is 0 Å². The molecule has 0 aliphatic carbocycles. The lowest BCUT2D eigenvalue weighted by Gasteiger charge is -1.76. The Labute approximate surface area is 107 Å². The highest BCUT2D eigenvalue weighted by Crippen LogP contribution is 2.07. The van der Waals surface area contributed by atoms with E-state index in [-0.39, 0.29) is 19.0 Å². The van der Waals surface area contributed by atoms with Gasteiger partial charge in [-0.05, 0) is 0 Å². The second kappa shape index (κ2) is 9.06. The molecule has 0 radical (unpaired) electrons. The molecule has 1 N–H and O–H groups in total. The highest BCUT2D eigenvalue weighted by atomic mass is 35.5. The number of hydrogen-bond acceptors (Lipinski definition) is 5. The molecule has 0 aromatic carbocycles. The summed E-state index contributed by atoms with van der Waals surface area (Å²) < 4.78 is 0. The Kier molecular flexibility index (Phi) is 8.94. The van der Waals surface area contributed by atoms with Crippen molar-refractivity contribution in [1.82, 2.24) is 9.97 Å². The molecule has 0 atom stereocenters. The Hall–Kier alpha value is -0.200. The summed E-state index contributed by atoms with van der Waals surface area (Å²) in [4.78, 5) is 9.62. The maximum atomic E-state index is 8.40. The third kappa shape index (κ3) is 6.06. The highest BCUT2D eigenvalue weighted by Gasteiger charge is 1.86. The zero-order valence-electron chi connectivity index (χ0n) is 7.67. The number of halogens is 2. The maximum absolute atomic E-state index is 8.40. The van der Waals surface area contributed by atoms with Crippen LogP contribution in [-0.4, -0.2) is 15.1 Å². The number of alkyl halides is 1. The fraction of sp³-hybridized carbons (Fsp3) is 0.250. The molecule has 0 amide bonds. The van der Waals surface area contributed by atoms with Crippen LogP contribution in [0.1, 0.15) is 9.75 Å². The standard InChI is InChI=1S/C4H4ClNS.C4H5NOS.ClH/c5-1-4-2-6-3-7-4;6-2-4-1-5-3-7-4;/h2-3H,1H2;1,3,6H,2H2;1H. The second-order valence-electron chi connectivity index (χ2n) is 2.23. The van der Waals surface area contributed by atoms with E-state index in [1.165, 1.54) is 11.3 Å². The van der Waals surface area contributed by atoms with Gasteiger partial charge in [0.1, 0.15) is 0 Å². The van der Waals surface area contributed by atoms with Crippen LogP contribution < -0.4 is 0 Å². The molecular formula is C8H10Cl2N2OS2. The smallest absolute Gasteiger partial charge is 0.0795 e. The molecule has 0 saturated carbocycles. The zero-order chi connectivity index (χ0) is 10.2. The van der Waals surface area contributed by atoms with Gasteiger partial charge in [-0.1, -0.05) is 0 Å². The van der Waals surface area contributed by atoms with Gasteiger partial charge in [0.25, 0.3) is 0 Å². The van der Waals surface area contributed by atoms with Gasteiger partial charge in [-0.25, -0.2) is 0 Å². The molecule has 3 nitrogen and oxygen atoms in total. The van der Waals surface area contributed by atoms with Crippen LogP contribution in [0.4, 0.5) is 0 Å². The van der Waals surface area contributed by atoms with Crippen LogP contribution in [0.25, 0.3) is 0 Å². The number of aromatic nitrogens is 2. The van der Waals surface area contributed by atoms with Gasteiger partial charge in [-0.3, -0.25) is 9.97 Å². The molecule has 0 saturated heterocycles. The quantitative estimate of drug-likeness (QED) is 0.863. The first-order chi connectivity index (χ1) is 6.86.